The number of rotatable bonds is 1. The van der Waals surface area contributed by atoms with Gasteiger partial charge in [-0.3, -0.25) is 9.59 Å². The smallest absolute Gasteiger partial charge is 0.264 e. The zero-order chi connectivity index (χ0) is 13.5. The molecule has 18 heavy (non-hydrogen) atoms. The van der Waals surface area contributed by atoms with Crippen molar-refractivity contribution in [2.45, 2.75) is 24.3 Å². The van der Waals surface area contributed by atoms with Gasteiger partial charge in [-0.25, -0.2) is 0 Å². The van der Waals surface area contributed by atoms with Crippen LogP contribution in [0.2, 0.25) is 0 Å². The van der Waals surface area contributed by atoms with E-state index in [4.69, 9.17) is 0 Å². The van der Waals surface area contributed by atoms with Crippen molar-refractivity contribution in [3.8, 4) is 0 Å². The summed E-state index contributed by atoms with van der Waals surface area (Å²) in [4.78, 5) is 29.3. The Morgan fingerprint density at radius 2 is 2.11 bits per heavy atom. The average Bonchev–Trinajstić information content (AvgIpc) is 2.72. The molecule has 98 valence electrons. The van der Waals surface area contributed by atoms with Crippen LogP contribution in [0.4, 0.5) is 0 Å². The molecule has 1 aromatic rings. The van der Waals surface area contributed by atoms with Crippen molar-refractivity contribution in [1.82, 2.24) is 9.80 Å². The second-order valence-electron chi connectivity index (χ2n) is 4.91. The number of nitrogens with zero attached hydrogens (tertiary/aromatic N) is 2. The van der Waals surface area contributed by atoms with E-state index in [-0.39, 0.29) is 11.8 Å². The van der Waals surface area contributed by atoms with Gasteiger partial charge in [-0.05, 0) is 19.9 Å². The first kappa shape index (κ1) is 13.4. The molecule has 0 spiro atoms. The first-order chi connectivity index (χ1) is 8.34. The summed E-state index contributed by atoms with van der Waals surface area (Å²) < 4.78 is 0. The Labute approximate surface area is 116 Å². The van der Waals surface area contributed by atoms with Gasteiger partial charge >= 0.3 is 0 Å². The summed E-state index contributed by atoms with van der Waals surface area (Å²) in [5.41, 5.74) is -0.787. The van der Waals surface area contributed by atoms with Gasteiger partial charge < -0.3 is 9.80 Å². The maximum atomic E-state index is 12.4. The number of piperazine rings is 1. The first-order valence-corrected chi connectivity index (χ1v) is 7.02. The predicted octanol–water partition coefficient (Wildman–Crippen LogP) is 1.73. The lowest BCUT2D eigenvalue weighted by molar-refractivity contribution is -0.144. The van der Waals surface area contributed by atoms with E-state index in [0.717, 1.165) is 4.90 Å². The lowest BCUT2D eigenvalue weighted by Crippen LogP contribution is -2.63. The molecule has 0 N–H and O–H groups in total. The van der Waals surface area contributed by atoms with Crippen molar-refractivity contribution in [3.63, 3.8) is 0 Å². The van der Waals surface area contributed by atoms with Crippen LogP contribution in [0.3, 0.4) is 0 Å². The van der Waals surface area contributed by atoms with Crippen molar-refractivity contribution >= 4 is 35.8 Å². The van der Waals surface area contributed by atoms with Gasteiger partial charge in [0.1, 0.15) is 5.54 Å². The fourth-order valence-corrected chi connectivity index (χ4v) is 3.24. The van der Waals surface area contributed by atoms with Crippen molar-refractivity contribution in [2.24, 2.45) is 0 Å². The van der Waals surface area contributed by atoms with E-state index < -0.39 is 5.54 Å². The van der Waals surface area contributed by atoms with Crippen molar-refractivity contribution in [2.75, 3.05) is 20.1 Å². The van der Waals surface area contributed by atoms with Crippen molar-refractivity contribution < 1.29 is 9.59 Å². The van der Waals surface area contributed by atoms with Gasteiger partial charge in [0.05, 0.1) is 4.88 Å². The highest BCUT2D eigenvalue weighted by atomic mass is 32.1. The van der Waals surface area contributed by atoms with Crippen LogP contribution in [0.1, 0.15) is 23.5 Å². The van der Waals surface area contributed by atoms with Crippen LogP contribution in [0, 0.1) is 0 Å². The molecule has 0 saturated carbocycles. The minimum Gasteiger partial charge on any atom is -0.342 e. The van der Waals surface area contributed by atoms with E-state index in [1.54, 1.807) is 36.8 Å². The van der Waals surface area contributed by atoms with E-state index in [2.05, 4.69) is 12.6 Å². The number of hydrogen-bond acceptors (Lipinski definition) is 4. The second kappa shape index (κ2) is 4.59. The van der Waals surface area contributed by atoms with E-state index in [0.29, 0.717) is 18.0 Å². The Hall–Kier alpha value is -1.01. The molecule has 1 saturated heterocycles. The minimum absolute atomic E-state index is 0.0234. The highest BCUT2D eigenvalue weighted by Gasteiger charge is 2.43. The van der Waals surface area contributed by atoms with Crippen LogP contribution < -0.4 is 0 Å². The first-order valence-electron chi connectivity index (χ1n) is 5.69. The summed E-state index contributed by atoms with van der Waals surface area (Å²) >= 11 is 5.57. The van der Waals surface area contributed by atoms with Gasteiger partial charge in [0.25, 0.3) is 5.91 Å². The van der Waals surface area contributed by atoms with Crippen LogP contribution in [-0.2, 0) is 4.79 Å². The van der Waals surface area contributed by atoms with Crippen LogP contribution in [0.15, 0.2) is 16.3 Å². The van der Waals surface area contributed by atoms with Gasteiger partial charge in [0, 0.05) is 30.4 Å². The minimum atomic E-state index is -0.787. The van der Waals surface area contributed by atoms with Crippen LogP contribution in [-0.4, -0.2) is 47.3 Å². The molecule has 6 heteroatoms. The van der Waals surface area contributed by atoms with Gasteiger partial charge in [0.15, 0.2) is 0 Å². The van der Waals surface area contributed by atoms with Crippen molar-refractivity contribution in [1.29, 1.82) is 0 Å². The number of carbonyl (C=O) groups is 2. The molecule has 2 heterocycles. The van der Waals surface area contributed by atoms with Gasteiger partial charge in [-0.15, -0.1) is 24.0 Å². The molecule has 2 rings (SSSR count). The molecule has 0 aromatic carbocycles. The third kappa shape index (κ3) is 2.14. The maximum Gasteiger partial charge on any atom is 0.264 e. The van der Waals surface area contributed by atoms with E-state index in [9.17, 15) is 9.59 Å². The highest BCUT2D eigenvalue weighted by molar-refractivity contribution is 7.80. The largest absolute Gasteiger partial charge is 0.342 e. The van der Waals surface area contributed by atoms with Crippen molar-refractivity contribution in [3.05, 3.63) is 16.3 Å². The molecule has 1 aromatic heterocycles. The predicted molar refractivity (Wildman–Crippen MR) is 74.3 cm³/mol. The summed E-state index contributed by atoms with van der Waals surface area (Å²) in [6.45, 7) is 4.72. The third-order valence-electron chi connectivity index (χ3n) is 3.25. The molecule has 0 atom stereocenters. The van der Waals surface area contributed by atoms with E-state index >= 15 is 0 Å². The maximum absolute atomic E-state index is 12.4. The van der Waals surface area contributed by atoms with Gasteiger partial charge in [-0.1, -0.05) is 0 Å². The molecule has 0 aliphatic carbocycles. The number of likely N-dealkylation sites (N-methyl/N-ethyl adjacent to an activating group) is 1. The Morgan fingerprint density at radius 3 is 2.67 bits per heavy atom. The SMILES string of the molecule is CN1CCN(C(=O)c2cc(S)cs2)C(C)(C)C1=O. The Morgan fingerprint density at radius 1 is 1.44 bits per heavy atom. The zero-order valence-corrected chi connectivity index (χ0v) is 12.3. The Balaban J connectivity index is 2.28. The van der Waals surface area contributed by atoms with Crippen LogP contribution in [0.25, 0.3) is 0 Å². The summed E-state index contributed by atoms with van der Waals surface area (Å²) in [6, 6.07) is 1.75. The molecule has 2 amide bonds. The Bertz CT molecular complexity index is 496. The summed E-state index contributed by atoms with van der Waals surface area (Å²) in [5.74, 6) is -0.114. The normalized spacial score (nSPS) is 19.2. The average molecular weight is 284 g/mol. The molecule has 1 aliphatic rings. The molecule has 1 fully saturated rings. The van der Waals surface area contributed by atoms with E-state index in [1.165, 1.54) is 11.3 Å². The number of carbonyl (C=O) groups excluding carboxylic acids is 2. The topological polar surface area (TPSA) is 40.6 Å². The zero-order valence-electron chi connectivity index (χ0n) is 10.6. The molecule has 0 radical (unpaired) electrons. The molecule has 0 bridgehead atoms. The quantitative estimate of drug-likeness (QED) is 0.798. The summed E-state index contributed by atoms with van der Waals surface area (Å²) in [6.07, 6.45) is 0. The lowest BCUT2D eigenvalue weighted by Gasteiger charge is -2.44. The molecule has 4 nitrogen and oxygen atoms in total. The van der Waals surface area contributed by atoms with E-state index in [1.807, 2.05) is 5.38 Å². The molecule has 1 aliphatic heterocycles. The van der Waals surface area contributed by atoms with Crippen LogP contribution >= 0.6 is 24.0 Å². The third-order valence-corrected chi connectivity index (χ3v) is 4.60. The van der Waals surface area contributed by atoms with Crippen LogP contribution in [0.5, 0.6) is 0 Å². The molecular formula is C12H16N2O2S2. The van der Waals surface area contributed by atoms with Gasteiger partial charge in [0.2, 0.25) is 5.91 Å². The molecular weight excluding hydrogens is 268 g/mol. The Kier molecular flexibility index (Phi) is 3.42. The van der Waals surface area contributed by atoms with Gasteiger partial charge in [-0.2, -0.15) is 0 Å². The number of thiol groups is 1. The lowest BCUT2D eigenvalue weighted by atomic mass is 9.97. The summed E-state index contributed by atoms with van der Waals surface area (Å²) in [5, 5.41) is 1.82. The number of hydrogen-bond donors (Lipinski definition) is 1. The number of thiophene rings is 1. The molecule has 0 unspecified atom stereocenters. The summed E-state index contributed by atoms with van der Waals surface area (Å²) in [7, 11) is 1.77. The number of amides is 2. The fraction of sp³-hybridized carbons (Fsp3) is 0.500. The highest BCUT2D eigenvalue weighted by Crippen LogP contribution is 2.26. The monoisotopic (exact) mass is 284 g/mol. The second-order valence-corrected chi connectivity index (χ2v) is 6.34. The standard InChI is InChI=1S/C12H16N2O2S2/c1-12(2)11(16)13(3)4-5-14(12)10(15)9-6-8(17)7-18-9/h6-7,17H,4-5H2,1-3H3. The fourth-order valence-electron chi connectivity index (χ4n) is 2.14.